The fraction of sp³-hybridized carbons (Fsp3) is 0.357. The summed E-state index contributed by atoms with van der Waals surface area (Å²) in [4.78, 5) is 14.7. The summed E-state index contributed by atoms with van der Waals surface area (Å²) in [5.41, 5.74) is 1.79. The van der Waals surface area contributed by atoms with Gasteiger partial charge in [0.2, 0.25) is 0 Å². The third-order valence-electron chi connectivity index (χ3n) is 2.88. The first-order chi connectivity index (χ1) is 10.1. The van der Waals surface area contributed by atoms with E-state index in [9.17, 15) is 10.1 Å². The molecule has 1 aromatic carbocycles. The zero-order valence-electron chi connectivity index (χ0n) is 11.7. The zero-order chi connectivity index (χ0) is 15.2. The fourth-order valence-electron chi connectivity index (χ4n) is 1.82. The van der Waals surface area contributed by atoms with Gasteiger partial charge in [-0.25, -0.2) is 4.98 Å². The molecule has 0 aliphatic heterocycles. The second-order valence-corrected chi connectivity index (χ2v) is 5.68. The number of hydrogen-bond acceptors (Lipinski definition) is 6. The molecule has 0 bridgehead atoms. The van der Waals surface area contributed by atoms with Gasteiger partial charge in [-0.1, -0.05) is 0 Å². The molecule has 0 spiro atoms. The van der Waals surface area contributed by atoms with Crippen molar-refractivity contribution in [1.29, 1.82) is 0 Å². The van der Waals surface area contributed by atoms with Crippen molar-refractivity contribution in [1.82, 2.24) is 10.3 Å². The summed E-state index contributed by atoms with van der Waals surface area (Å²) in [6.07, 6.45) is 0.446. The van der Waals surface area contributed by atoms with Gasteiger partial charge in [0.25, 0.3) is 5.69 Å². The highest BCUT2D eigenvalue weighted by Gasteiger charge is 2.08. The summed E-state index contributed by atoms with van der Waals surface area (Å²) >= 11 is 1.57. The predicted octanol–water partition coefficient (Wildman–Crippen LogP) is 2.23. The Bertz CT molecular complexity index is 596. The van der Waals surface area contributed by atoms with Crippen LogP contribution in [0, 0.1) is 10.1 Å². The van der Waals surface area contributed by atoms with Gasteiger partial charge in [0.1, 0.15) is 0 Å². The van der Waals surface area contributed by atoms with Crippen LogP contribution >= 0.6 is 11.3 Å². The average molecular weight is 307 g/mol. The third-order valence-corrected chi connectivity index (χ3v) is 3.79. The molecule has 0 saturated carbocycles. The summed E-state index contributed by atoms with van der Waals surface area (Å²) in [6.45, 7) is 3.07. The Kier molecular flexibility index (Phi) is 5.38. The maximum atomic E-state index is 10.6. The minimum atomic E-state index is -0.413. The van der Waals surface area contributed by atoms with E-state index in [0.29, 0.717) is 6.54 Å². The number of nitro groups is 1. The van der Waals surface area contributed by atoms with E-state index < -0.39 is 4.92 Å². The molecule has 2 rings (SSSR count). The van der Waals surface area contributed by atoms with Crippen LogP contribution in [0.25, 0.3) is 11.3 Å². The third kappa shape index (κ3) is 4.59. The SMILES string of the molecule is CC(O)CNCCc1nc(-c2ccc([N+](=O)[O-])cc2)cs1. The molecule has 2 aromatic rings. The van der Waals surface area contributed by atoms with E-state index in [0.717, 1.165) is 29.2 Å². The maximum absolute atomic E-state index is 10.6. The maximum Gasteiger partial charge on any atom is 0.269 e. The van der Waals surface area contributed by atoms with E-state index >= 15 is 0 Å². The molecule has 21 heavy (non-hydrogen) atoms. The van der Waals surface area contributed by atoms with E-state index in [1.165, 1.54) is 12.1 Å². The molecule has 0 aliphatic carbocycles. The Morgan fingerprint density at radius 3 is 2.76 bits per heavy atom. The van der Waals surface area contributed by atoms with Crippen LogP contribution in [-0.4, -0.2) is 34.2 Å². The lowest BCUT2D eigenvalue weighted by molar-refractivity contribution is -0.384. The molecule has 0 amide bonds. The lowest BCUT2D eigenvalue weighted by Gasteiger charge is -2.04. The van der Waals surface area contributed by atoms with Crippen LogP contribution in [0.1, 0.15) is 11.9 Å². The van der Waals surface area contributed by atoms with E-state index in [-0.39, 0.29) is 11.8 Å². The van der Waals surface area contributed by atoms with Crippen molar-refractivity contribution in [2.75, 3.05) is 13.1 Å². The molecule has 1 aromatic heterocycles. The summed E-state index contributed by atoms with van der Waals surface area (Å²) in [6, 6.07) is 6.39. The second kappa shape index (κ2) is 7.26. The van der Waals surface area contributed by atoms with Crippen molar-refractivity contribution in [2.24, 2.45) is 0 Å². The van der Waals surface area contributed by atoms with Crippen LogP contribution in [-0.2, 0) is 6.42 Å². The Morgan fingerprint density at radius 2 is 2.14 bits per heavy atom. The van der Waals surface area contributed by atoms with Crippen LogP contribution in [0.4, 0.5) is 5.69 Å². The van der Waals surface area contributed by atoms with Gasteiger partial charge < -0.3 is 10.4 Å². The van der Waals surface area contributed by atoms with E-state index in [1.54, 1.807) is 30.4 Å². The molecule has 6 nitrogen and oxygen atoms in total. The number of aromatic nitrogens is 1. The molecule has 0 radical (unpaired) electrons. The number of rotatable bonds is 7. The smallest absolute Gasteiger partial charge is 0.269 e. The Hall–Kier alpha value is -1.83. The number of nitrogens with zero attached hydrogens (tertiary/aromatic N) is 2. The van der Waals surface area contributed by atoms with Crippen molar-refractivity contribution in [3.63, 3.8) is 0 Å². The van der Waals surface area contributed by atoms with Crippen LogP contribution in [0.5, 0.6) is 0 Å². The number of aliphatic hydroxyl groups excluding tert-OH is 1. The van der Waals surface area contributed by atoms with Crippen molar-refractivity contribution in [3.8, 4) is 11.3 Å². The number of hydrogen-bond donors (Lipinski definition) is 2. The first-order valence-corrected chi connectivity index (χ1v) is 7.52. The molecular formula is C14H17N3O3S. The van der Waals surface area contributed by atoms with Gasteiger partial charge in [-0.15, -0.1) is 11.3 Å². The van der Waals surface area contributed by atoms with Crippen LogP contribution < -0.4 is 5.32 Å². The predicted molar refractivity (Wildman–Crippen MR) is 82.5 cm³/mol. The monoisotopic (exact) mass is 307 g/mol. The van der Waals surface area contributed by atoms with E-state index in [1.807, 2.05) is 5.38 Å². The van der Waals surface area contributed by atoms with Crippen LogP contribution in [0.3, 0.4) is 0 Å². The van der Waals surface area contributed by atoms with Crippen molar-refractivity contribution in [3.05, 3.63) is 44.8 Å². The van der Waals surface area contributed by atoms with Gasteiger partial charge >= 0.3 is 0 Å². The largest absolute Gasteiger partial charge is 0.392 e. The molecular weight excluding hydrogens is 290 g/mol. The number of nitro benzene ring substituents is 1. The molecule has 0 fully saturated rings. The number of non-ortho nitro benzene ring substituents is 1. The van der Waals surface area contributed by atoms with Crippen LogP contribution in [0.15, 0.2) is 29.6 Å². The fourth-order valence-corrected chi connectivity index (χ4v) is 2.63. The van der Waals surface area contributed by atoms with Crippen LogP contribution in [0.2, 0.25) is 0 Å². The van der Waals surface area contributed by atoms with Gasteiger partial charge in [-0.05, 0) is 19.1 Å². The molecule has 1 heterocycles. The van der Waals surface area contributed by atoms with Gasteiger partial charge in [0.15, 0.2) is 0 Å². The molecule has 1 atom stereocenters. The number of benzene rings is 1. The number of thiazole rings is 1. The molecule has 1 unspecified atom stereocenters. The Labute approximate surface area is 126 Å². The minimum absolute atomic E-state index is 0.0801. The highest BCUT2D eigenvalue weighted by Crippen LogP contribution is 2.24. The summed E-state index contributed by atoms with van der Waals surface area (Å²) in [7, 11) is 0. The van der Waals surface area contributed by atoms with Gasteiger partial charge in [-0.3, -0.25) is 10.1 Å². The average Bonchev–Trinajstić information content (AvgIpc) is 2.92. The van der Waals surface area contributed by atoms with E-state index in [4.69, 9.17) is 5.11 Å². The van der Waals surface area contributed by atoms with Crippen molar-refractivity contribution < 1.29 is 10.0 Å². The van der Waals surface area contributed by atoms with Gasteiger partial charge in [0.05, 0.1) is 21.7 Å². The lowest BCUT2D eigenvalue weighted by atomic mass is 10.1. The number of nitrogens with one attached hydrogen (secondary N) is 1. The minimum Gasteiger partial charge on any atom is -0.392 e. The first kappa shape index (κ1) is 15.6. The van der Waals surface area contributed by atoms with Gasteiger partial charge in [0, 0.05) is 42.6 Å². The van der Waals surface area contributed by atoms with Gasteiger partial charge in [-0.2, -0.15) is 0 Å². The second-order valence-electron chi connectivity index (χ2n) is 4.73. The Morgan fingerprint density at radius 1 is 1.43 bits per heavy atom. The van der Waals surface area contributed by atoms with Crippen molar-refractivity contribution >= 4 is 17.0 Å². The summed E-state index contributed by atoms with van der Waals surface area (Å²) < 4.78 is 0. The first-order valence-electron chi connectivity index (χ1n) is 6.64. The molecule has 7 heteroatoms. The molecule has 0 saturated heterocycles. The highest BCUT2D eigenvalue weighted by molar-refractivity contribution is 7.09. The zero-order valence-corrected chi connectivity index (χ0v) is 12.5. The summed E-state index contributed by atoms with van der Waals surface area (Å²) in [5, 5.41) is 25.8. The molecule has 2 N–H and O–H groups in total. The standard InChI is InChI=1S/C14H17N3O3S/c1-10(18)8-15-7-6-14-16-13(9-21-14)11-2-4-12(5-3-11)17(19)20/h2-5,9-10,15,18H,6-8H2,1H3. The lowest BCUT2D eigenvalue weighted by Crippen LogP contribution is -2.26. The molecule has 112 valence electrons. The molecule has 0 aliphatic rings. The topological polar surface area (TPSA) is 88.3 Å². The Balaban J connectivity index is 1.94. The normalized spacial score (nSPS) is 12.3. The van der Waals surface area contributed by atoms with Crippen molar-refractivity contribution in [2.45, 2.75) is 19.4 Å². The quantitative estimate of drug-likeness (QED) is 0.465. The van der Waals surface area contributed by atoms with E-state index in [2.05, 4.69) is 10.3 Å². The summed E-state index contributed by atoms with van der Waals surface area (Å²) in [5.74, 6) is 0. The highest BCUT2D eigenvalue weighted by atomic mass is 32.1. The number of aliphatic hydroxyl groups is 1.